The average Bonchev–Trinajstić information content (AvgIpc) is 2.41. The van der Waals surface area contributed by atoms with Crippen molar-refractivity contribution in [2.75, 3.05) is 6.61 Å². The summed E-state index contributed by atoms with van der Waals surface area (Å²) in [7, 11) is 0. The molecule has 0 aliphatic carbocycles. The van der Waals surface area contributed by atoms with Gasteiger partial charge in [0.25, 0.3) is 0 Å². The van der Waals surface area contributed by atoms with Crippen molar-refractivity contribution in [1.29, 1.82) is 5.26 Å². The standard InChI is InChI=1S/C15H14N2O/c1-12-5-6-15(13(10-12)11-16)18-9-7-14-4-2-3-8-17-14/h2-6,8,10H,7,9H2,1H3. The molecule has 0 radical (unpaired) electrons. The highest BCUT2D eigenvalue weighted by atomic mass is 16.5. The molecule has 3 nitrogen and oxygen atoms in total. The molecule has 0 aliphatic heterocycles. The Morgan fingerprint density at radius 3 is 2.89 bits per heavy atom. The van der Waals surface area contributed by atoms with Crippen molar-refractivity contribution >= 4 is 0 Å². The van der Waals surface area contributed by atoms with Crippen LogP contribution in [-0.2, 0) is 6.42 Å². The molecule has 0 bridgehead atoms. The second-order valence-corrected chi connectivity index (χ2v) is 4.03. The van der Waals surface area contributed by atoms with Crippen LogP contribution in [0.15, 0.2) is 42.6 Å². The molecule has 0 N–H and O–H groups in total. The zero-order chi connectivity index (χ0) is 12.8. The minimum Gasteiger partial charge on any atom is -0.492 e. The van der Waals surface area contributed by atoms with Crippen LogP contribution in [0.25, 0.3) is 0 Å². The van der Waals surface area contributed by atoms with Crippen LogP contribution in [0.2, 0.25) is 0 Å². The van der Waals surface area contributed by atoms with E-state index in [1.165, 1.54) is 0 Å². The van der Waals surface area contributed by atoms with Gasteiger partial charge in [-0.15, -0.1) is 0 Å². The van der Waals surface area contributed by atoms with Crippen molar-refractivity contribution in [3.63, 3.8) is 0 Å². The summed E-state index contributed by atoms with van der Waals surface area (Å²) >= 11 is 0. The van der Waals surface area contributed by atoms with Crippen LogP contribution in [0.4, 0.5) is 0 Å². The van der Waals surface area contributed by atoms with Crippen LogP contribution in [0.5, 0.6) is 5.75 Å². The lowest BCUT2D eigenvalue weighted by molar-refractivity contribution is 0.319. The third kappa shape index (κ3) is 3.08. The van der Waals surface area contributed by atoms with Crippen LogP contribution in [0.1, 0.15) is 16.8 Å². The third-order valence-electron chi connectivity index (χ3n) is 2.60. The first-order valence-electron chi connectivity index (χ1n) is 5.83. The van der Waals surface area contributed by atoms with Gasteiger partial charge < -0.3 is 4.74 Å². The molecule has 0 saturated heterocycles. The molecular formula is C15H14N2O. The minimum atomic E-state index is 0.523. The number of aryl methyl sites for hydroxylation is 1. The lowest BCUT2D eigenvalue weighted by atomic mass is 10.1. The Labute approximate surface area is 107 Å². The van der Waals surface area contributed by atoms with Crippen LogP contribution in [-0.4, -0.2) is 11.6 Å². The quantitative estimate of drug-likeness (QED) is 0.822. The first-order chi connectivity index (χ1) is 8.79. The Balaban J connectivity index is 1.97. The van der Waals surface area contributed by atoms with Gasteiger partial charge >= 0.3 is 0 Å². The van der Waals surface area contributed by atoms with Gasteiger partial charge in [-0.25, -0.2) is 0 Å². The number of hydrogen-bond acceptors (Lipinski definition) is 3. The van der Waals surface area contributed by atoms with E-state index in [2.05, 4.69) is 11.1 Å². The van der Waals surface area contributed by atoms with Gasteiger partial charge in [-0.2, -0.15) is 5.26 Å². The molecule has 3 heteroatoms. The monoisotopic (exact) mass is 238 g/mol. The summed E-state index contributed by atoms with van der Waals surface area (Å²) in [5.41, 5.74) is 2.63. The normalized spacial score (nSPS) is 9.78. The van der Waals surface area contributed by atoms with Crippen molar-refractivity contribution in [3.05, 3.63) is 59.4 Å². The predicted molar refractivity (Wildman–Crippen MR) is 69.3 cm³/mol. The maximum absolute atomic E-state index is 9.02. The van der Waals surface area contributed by atoms with Crippen molar-refractivity contribution in [2.45, 2.75) is 13.3 Å². The zero-order valence-corrected chi connectivity index (χ0v) is 10.3. The van der Waals surface area contributed by atoms with Crippen LogP contribution in [0.3, 0.4) is 0 Å². The molecule has 1 heterocycles. The van der Waals surface area contributed by atoms with E-state index in [4.69, 9.17) is 10.00 Å². The van der Waals surface area contributed by atoms with Crippen molar-refractivity contribution in [3.8, 4) is 11.8 Å². The Bertz CT molecular complexity index is 558. The van der Waals surface area contributed by atoms with E-state index in [0.717, 1.165) is 17.7 Å². The SMILES string of the molecule is Cc1ccc(OCCc2ccccn2)c(C#N)c1. The molecule has 0 aliphatic rings. The summed E-state index contributed by atoms with van der Waals surface area (Å²) in [5, 5.41) is 9.02. The second-order valence-electron chi connectivity index (χ2n) is 4.03. The molecule has 0 fully saturated rings. The van der Waals surface area contributed by atoms with Gasteiger partial charge in [-0.3, -0.25) is 4.98 Å². The number of aromatic nitrogens is 1. The van der Waals surface area contributed by atoms with E-state index in [0.29, 0.717) is 17.9 Å². The van der Waals surface area contributed by atoms with Crippen LogP contribution in [0, 0.1) is 18.3 Å². The number of nitrogens with zero attached hydrogens (tertiary/aromatic N) is 2. The fourth-order valence-electron chi connectivity index (χ4n) is 1.67. The third-order valence-corrected chi connectivity index (χ3v) is 2.60. The topological polar surface area (TPSA) is 45.9 Å². The van der Waals surface area contributed by atoms with Crippen molar-refractivity contribution in [2.24, 2.45) is 0 Å². The zero-order valence-electron chi connectivity index (χ0n) is 10.3. The number of ether oxygens (including phenoxy) is 1. The summed E-state index contributed by atoms with van der Waals surface area (Å²) in [6, 6.07) is 13.6. The Hall–Kier alpha value is -2.34. The molecule has 1 aromatic heterocycles. The van der Waals surface area contributed by atoms with E-state index in [-0.39, 0.29) is 0 Å². The summed E-state index contributed by atoms with van der Waals surface area (Å²) < 4.78 is 5.62. The first-order valence-corrected chi connectivity index (χ1v) is 5.83. The number of nitriles is 1. The van der Waals surface area contributed by atoms with Gasteiger partial charge in [0, 0.05) is 18.3 Å². The van der Waals surface area contributed by atoms with E-state index >= 15 is 0 Å². The van der Waals surface area contributed by atoms with Gasteiger partial charge in [-0.1, -0.05) is 12.1 Å². The summed E-state index contributed by atoms with van der Waals surface area (Å²) in [5.74, 6) is 0.638. The van der Waals surface area contributed by atoms with E-state index in [1.54, 1.807) is 6.20 Å². The maximum Gasteiger partial charge on any atom is 0.137 e. The molecule has 0 atom stereocenters. The van der Waals surface area contributed by atoms with Gasteiger partial charge in [0.1, 0.15) is 11.8 Å². The summed E-state index contributed by atoms with van der Waals surface area (Å²) in [4.78, 5) is 4.22. The van der Waals surface area contributed by atoms with Gasteiger partial charge in [0.15, 0.2) is 0 Å². The lowest BCUT2D eigenvalue weighted by Crippen LogP contribution is -2.03. The molecule has 2 rings (SSSR count). The van der Waals surface area contributed by atoms with E-state index in [1.807, 2.05) is 43.3 Å². The highest BCUT2D eigenvalue weighted by molar-refractivity contribution is 5.45. The smallest absolute Gasteiger partial charge is 0.137 e. The van der Waals surface area contributed by atoms with Crippen LogP contribution >= 0.6 is 0 Å². The number of rotatable bonds is 4. The number of pyridine rings is 1. The maximum atomic E-state index is 9.02. The Kier molecular flexibility index (Phi) is 3.93. The molecular weight excluding hydrogens is 224 g/mol. The minimum absolute atomic E-state index is 0.523. The molecule has 1 aromatic carbocycles. The van der Waals surface area contributed by atoms with E-state index in [9.17, 15) is 0 Å². The van der Waals surface area contributed by atoms with E-state index < -0.39 is 0 Å². The second kappa shape index (κ2) is 5.83. The predicted octanol–water partition coefficient (Wildman–Crippen LogP) is 2.88. The first kappa shape index (κ1) is 12.1. The fourth-order valence-corrected chi connectivity index (χ4v) is 1.67. The molecule has 0 saturated carbocycles. The Morgan fingerprint density at radius 2 is 2.17 bits per heavy atom. The molecule has 0 unspecified atom stereocenters. The largest absolute Gasteiger partial charge is 0.492 e. The molecule has 90 valence electrons. The average molecular weight is 238 g/mol. The number of hydrogen-bond donors (Lipinski definition) is 0. The molecule has 2 aromatic rings. The molecule has 0 spiro atoms. The van der Waals surface area contributed by atoms with Gasteiger partial charge in [0.2, 0.25) is 0 Å². The van der Waals surface area contributed by atoms with Gasteiger partial charge in [0.05, 0.1) is 12.2 Å². The highest BCUT2D eigenvalue weighted by Gasteiger charge is 2.03. The van der Waals surface area contributed by atoms with Crippen molar-refractivity contribution < 1.29 is 4.74 Å². The fraction of sp³-hybridized carbons (Fsp3) is 0.200. The number of benzene rings is 1. The molecule has 18 heavy (non-hydrogen) atoms. The lowest BCUT2D eigenvalue weighted by Gasteiger charge is -2.08. The van der Waals surface area contributed by atoms with Crippen molar-refractivity contribution in [1.82, 2.24) is 4.98 Å². The summed E-state index contributed by atoms with van der Waals surface area (Å²) in [6.07, 6.45) is 2.50. The molecule has 0 amide bonds. The summed E-state index contributed by atoms with van der Waals surface area (Å²) in [6.45, 7) is 2.48. The van der Waals surface area contributed by atoms with Crippen LogP contribution < -0.4 is 4.74 Å². The highest BCUT2D eigenvalue weighted by Crippen LogP contribution is 2.19. The van der Waals surface area contributed by atoms with Gasteiger partial charge in [-0.05, 0) is 36.8 Å². The Morgan fingerprint density at radius 1 is 1.28 bits per heavy atom.